The highest BCUT2D eigenvalue weighted by Crippen LogP contribution is 2.19. The van der Waals surface area contributed by atoms with Crippen molar-refractivity contribution < 1.29 is 9.18 Å². The van der Waals surface area contributed by atoms with Crippen molar-refractivity contribution in [2.24, 2.45) is 0 Å². The van der Waals surface area contributed by atoms with E-state index in [1.807, 2.05) is 0 Å². The van der Waals surface area contributed by atoms with E-state index in [2.05, 4.69) is 11.9 Å². The minimum Gasteiger partial charge on any atom is -0.352 e. The maximum absolute atomic E-state index is 13.0. The molecule has 1 rings (SSSR count). The summed E-state index contributed by atoms with van der Waals surface area (Å²) in [4.78, 5) is 11.5. The van der Waals surface area contributed by atoms with Gasteiger partial charge >= 0.3 is 0 Å². The lowest BCUT2D eigenvalue weighted by atomic mass is 10.2. The van der Waals surface area contributed by atoms with Crippen molar-refractivity contribution in [3.05, 3.63) is 47.3 Å². The zero-order valence-electron chi connectivity index (χ0n) is 8.09. The summed E-state index contributed by atoms with van der Waals surface area (Å²) in [6, 6.07) is 4.14. The third-order valence-electron chi connectivity index (χ3n) is 1.83. The summed E-state index contributed by atoms with van der Waals surface area (Å²) in [5.41, 5.74) is 0.153. The van der Waals surface area contributed by atoms with E-state index in [4.69, 9.17) is 11.6 Å². The van der Waals surface area contributed by atoms with Crippen molar-refractivity contribution >= 4 is 17.5 Å². The fraction of sp³-hybridized carbons (Fsp3) is 0.182. The molecule has 1 aromatic carbocycles. The molecule has 0 aliphatic carbocycles. The lowest BCUT2D eigenvalue weighted by molar-refractivity contribution is 0.0954. The highest BCUT2D eigenvalue weighted by molar-refractivity contribution is 6.34. The summed E-state index contributed by atoms with van der Waals surface area (Å²) in [6.07, 6.45) is 2.35. The predicted molar refractivity (Wildman–Crippen MR) is 58.6 cm³/mol. The molecule has 4 heteroatoms. The molecular formula is C11H11ClFNO. The second-order valence-corrected chi connectivity index (χ2v) is 3.31. The molecule has 0 unspecified atom stereocenters. The van der Waals surface area contributed by atoms with Crippen molar-refractivity contribution in [2.45, 2.75) is 6.42 Å². The van der Waals surface area contributed by atoms with Gasteiger partial charge in [0.25, 0.3) is 5.91 Å². The second kappa shape index (κ2) is 5.51. The first kappa shape index (κ1) is 11.7. The van der Waals surface area contributed by atoms with Crippen LogP contribution in [0.1, 0.15) is 16.8 Å². The highest BCUT2D eigenvalue weighted by Gasteiger charge is 2.12. The predicted octanol–water partition coefficient (Wildman–Crippen LogP) is 2.79. The van der Waals surface area contributed by atoms with Crippen LogP contribution in [0.2, 0.25) is 5.02 Å². The molecule has 0 bridgehead atoms. The van der Waals surface area contributed by atoms with E-state index in [1.54, 1.807) is 6.08 Å². The number of carbonyl (C=O) groups is 1. The lowest BCUT2D eigenvalue weighted by Crippen LogP contribution is -2.24. The summed E-state index contributed by atoms with van der Waals surface area (Å²) >= 11 is 5.64. The molecule has 1 N–H and O–H groups in total. The third kappa shape index (κ3) is 3.06. The molecule has 0 saturated heterocycles. The van der Waals surface area contributed by atoms with Gasteiger partial charge in [-0.25, -0.2) is 4.39 Å². The van der Waals surface area contributed by atoms with E-state index in [0.29, 0.717) is 13.0 Å². The summed E-state index contributed by atoms with van der Waals surface area (Å²) < 4.78 is 13.0. The van der Waals surface area contributed by atoms with E-state index >= 15 is 0 Å². The van der Waals surface area contributed by atoms with Crippen LogP contribution in [0.4, 0.5) is 4.39 Å². The molecule has 0 heterocycles. The molecule has 80 valence electrons. The summed E-state index contributed by atoms with van der Waals surface area (Å²) in [5.74, 6) is -0.964. The molecule has 0 spiro atoms. The number of benzene rings is 1. The van der Waals surface area contributed by atoms with Gasteiger partial charge in [-0.15, -0.1) is 6.58 Å². The maximum Gasteiger partial charge on any atom is 0.252 e. The Bertz CT molecular complexity index is 379. The van der Waals surface area contributed by atoms with Gasteiger partial charge in [-0.1, -0.05) is 23.7 Å². The molecule has 0 saturated carbocycles. The van der Waals surface area contributed by atoms with Gasteiger partial charge in [0, 0.05) is 6.54 Å². The number of carbonyl (C=O) groups excluding carboxylic acids is 1. The Balaban J connectivity index is 2.73. The number of rotatable bonds is 4. The van der Waals surface area contributed by atoms with Gasteiger partial charge in [-0.3, -0.25) is 4.79 Å². The van der Waals surface area contributed by atoms with Crippen LogP contribution in [0.15, 0.2) is 30.9 Å². The minimum absolute atomic E-state index is 0.145. The van der Waals surface area contributed by atoms with Crippen LogP contribution in [0.25, 0.3) is 0 Å². The highest BCUT2D eigenvalue weighted by atomic mass is 35.5. The van der Waals surface area contributed by atoms with Crippen LogP contribution in [0.5, 0.6) is 0 Å². The quantitative estimate of drug-likeness (QED) is 0.622. The van der Waals surface area contributed by atoms with E-state index in [1.165, 1.54) is 18.2 Å². The van der Waals surface area contributed by atoms with Crippen LogP contribution >= 0.6 is 11.6 Å². The number of halogens is 2. The van der Waals surface area contributed by atoms with Crippen LogP contribution in [-0.4, -0.2) is 12.5 Å². The lowest BCUT2D eigenvalue weighted by Gasteiger charge is -2.05. The monoisotopic (exact) mass is 227 g/mol. The summed E-state index contributed by atoms with van der Waals surface area (Å²) in [7, 11) is 0. The normalized spacial score (nSPS) is 9.73. The number of hydrogen-bond acceptors (Lipinski definition) is 1. The fourth-order valence-corrected chi connectivity index (χ4v) is 1.27. The third-order valence-corrected chi connectivity index (χ3v) is 2.21. The minimum atomic E-state index is -0.590. The van der Waals surface area contributed by atoms with Crippen molar-refractivity contribution in [3.63, 3.8) is 0 Å². The first-order valence-electron chi connectivity index (χ1n) is 4.50. The molecule has 1 amide bonds. The van der Waals surface area contributed by atoms with Gasteiger partial charge in [0.1, 0.15) is 5.82 Å². The number of hydrogen-bond donors (Lipinski definition) is 1. The molecular weight excluding hydrogens is 217 g/mol. The zero-order valence-corrected chi connectivity index (χ0v) is 8.85. The molecule has 0 aliphatic heterocycles. The van der Waals surface area contributed by atoms with Gasteiger partial charge in [-0.2, -0.15) is 0 Å². The standard InChI is InChI=1S/C11H11ClFNO/c1-2-3-7-14-11(15)8-5-4-6-9(13)10(8)12/h2,4-6H,1,3,7H2,(H,14,15). The Labute approximate surface area is 92.7 Å². The topological polar surface area (TPSA) is 29.1 Å². The van der Waals surface area contributed by atoms with Gasteiger partial charge in [0.05, 0.1) is 10.6 Å². The first-order valence-corrected chi connectivity index (χ1v) is 4.87. The number of nitrogens with one attached hydrogen (secondary N) is 1. The average Bonchev–Trinajstić information content (AvgIpc) is 2.22. The molecule has 0 radical (unpaired) electrons. The summed E-state index contributed by atoms with van der Waals surface area (Å²) in [5, 5.41) is 2.46. The Morgan fingerprint density at radius 3 is 3.00 bits per heavy atom. The molecule has 15 heavy (non-hydrogen) atoms. The van der Waals surface area contributed by atoms with Crippen LogP contribution in [-0.2, 0) is 0 Å². The van der Waals surface area contributed by atoms with Gasteiger partial charge in [0.15, 0.2) is 0 Å². The molecule has 0 aliphatic rings. The van der Waals surface area contributed by atoms with Crippen molar-refractivity contribution in [3.8, 4) is 0 Å². The van der Waals surface area contributed by atoms with Crippen molar-refractivity contribution in [1.82, 2.24) is 5.32 Å². The van der Waals surface area contributed by atoms with E-state index in [9.17, 15) is 9.18 Å². The average molecular weight is 228 g/mol. The second-order valence-electron chi connectivity index (χ2n) is 2.93. The smallest absolute Gasteiger partial charge is 0.252 e. The van der Waals surface area contributed by atoms with Crippen LogP contribution < -0.4 is 5.32 Å². The van der Waals surface area contributed by atoms with Crippen molar-refractivity contribution in [1.29, 1.82) is 0 Å². The Hall–Kier alpha value is -1.35. The number of amides is 1. The Kier molecular flexibility index (Phi) is 4.31. The molecule has 0 fully saturated rings. The van der Waals surface area contributed by atoms with Crippen LogP contribution in [0.3, 0.4) is 0 Å². The molecule has 0 atom stereocenters. The molecule has 1 aromatic rings. The van der Waals surface area contributed by atoms with Crippen LogP contribution in [0, 0.1) is 5.82 Å². The van der Waals surface area contributed by atoms with Crippen molar-refractivity contribution in [2.75, 3.05) is 6.54 Å². The Morgan fingerprint density at radius 2 is 2.33 bits per heavy atom. The maximum atomic E-state index is 13.0. The first-order chi connectivity index (χ1) is 7.16. The van der Waals surface area contributed by atoms with E-state index in [-0.39, 0.29) is 16.5 Å². The fourth-order valence-electron chi connectivity index (χ4n) is 1.06. The largest absolute Gasteiger partial charge is 0.352 e. The van der Waals surface area contributed by atoms with Gasteiger partial charge < -0.3 is 5.32 Å². The van der Waals surface area contributed by atoms with Gasteiger partial charge in [0.2, 0.25) is 0 Å². The summed E-state index contributed by atoms with van der Waals surface area (Å²) in [6.45, 7) is 3.99. The van der Waals surface area contributed by atoms with E-state index in [0.717, 1.165) is 0 Å². The zero-order chi connectivity index (χ0) is 11.3. The Morgan fingerprint density at radius 1 is 1.60 bits per heavy atom. The van der Waals surface area contributed by atoms with E-state index < -0.39 is 5.82 Å². The molecule has 2 nitrogen and oxygen atoms in total. The van der Waals surface area contributed by atoms with Gasteiger partial charge in [-0.05, 0) is 18.6 Å². The SMILES string of the molecule is C=CCCNC(=O)c1cccc(F)c1Cl. The molecule has 0 aromatic heterocycles.